The van der Waals surface area contributed by atoms with Crippen molar-refractivity contribution < 1.29 is 14.6 Å². The van der Waals surface area contributed by atoms with Crippen molar-refractivity contribution in [3.8, 4) is 0 Å². The topological polar surface area (TPSA) is 96.7 Å². The van der Waals surface area contributed by atoms with Gasteiger partial charge in [-0.1, -0.05) is 18.2 Å². The highest BCUT2D eigenvalue weighted by Crippen LogP contribution is 2.31. The van der Waals surface area contributed by atoms with Crippen molar-refractivity contribution in [3.05, 3.63) is 63.4 Å². The minimum Gasteiger partial charge on any atom is -0.478 e. The lowest BCUT2D eigenvalue weighted by Gasteiger charge is -2.39. The van der Waals surface area contributed by atoms with Gasteiger partial charge in [0.1, 0.15) is 0 Å². The number of rotatable bonds is 6. The van der Waals surface area contributed by atoms with E-state index < -0.39 is 5.97 Å². The van der Waals surface area contributed by atoms with Crippen LogP contribution in [-0.2, 0) is 11.8 Å². The monoisotopic (exact) mass is 464 g/mol. The van der Waals surface area contributed by atoms with Gasteiger partial charge in [-0.3, -0.25) is 9.36 Å². The molecule has 2 aromatic carbocycles. The van der Waals surface area contributed by atoms with Gasteiger partial charge in [0.05, 0.1) is 28.1 Å². The molecule has 0 aliphatic carbocycles. The van der Waals surface area contributed by atoms with E-state index in [0.29, 0.717) is 22.5 Å². The van der Waals surface area contributed by atoms with Gasteiger partial charge in [0.25, 0.3) is 5.56 Å². The van der Waals surface area contributed by atoms with E-state index in [0.717, 1.165) is 37.1 Å². The van der Waals surface area contributed by atoms with Gasteiger partial charge in [-0.05, 0) is 57.4 Å². The molecule has 2 N–H and O–H groups in total. The van der Waals surface area contributed by atoms with Crippen LogP contribution in [0, 0.1) is 6.92 Å². The third-order valence-electron chi connectivity index (χ3n) is 6.92. The normalized spacial score (nSPS) is 16.4. The molecule has 0 amide bonds. The molecule has 0 radical (unpaired) electrons. The number of piperidine rings is 1. The number of carbonyl (C=O) groups is 1. The molecule has 1 saturated heterocycles. The first-order valence-corrected chi connectivity index (χ1v) is 11.5. The molecule has 0 saturated carbocycles. The molecule has 1 aliphatic rings. The Morgan fingerprint density at radius 1 is 1.24 bits per heavy atom. The first kappa shape index (κ1) is 23.8. The first-order chi connectivity index (χ1) is 16.1. The minimum absolute atomic E-state index is 0.0943. The molecule has 8 heteroatoms. The molecule has 2 heterocycles. The van der Waals surface area contributed by atoms with Gasteiger partial charge in [-0.2, -0.15) is 0 Å². The number of aromatic carboxylic acids is 1. The molecule has 34 heavy (non-hydrogen) atoms. The number of hydrogen-bond donors (Lipinski definition) is 2. The number of aryl methyl sites for hydroxylation is 1. The number of nitrogens with one attached hydrogen (secondary N) is 1. The second-order valence-electron chi connectivity index (χ2n) is 9.38. The number of ether oxygens (including phenoxy) is 1. The lowest BCUT2D eigenvalue weighted by atomic mass is 9.93. The van der Waals surface area contributed by atoms with Gasteiger partial charge in [-0.15, -0.1) is 0 Å². The lowest BCUT2D eigenvalue weighted by Crippen LogP contribution is -2.45. The van der Waals surface area contributed by atoms with Gasteiger partial charge < -0.3 is 20.1 Å². The van der Waals surface area contributed by atoms with Crippen LogP contribution >= 0.6 is 0 Å². The fourth-order valence-corrected chi connectivity index (χ4v) is 4.64. The Morgan fingerprint density at radius 3 is 2.56 bits per heavy atom. The van der Waals surface area contributed by atoms with Crippen LogP contribution < -0.4 is 15.8 Å². The van der Waals surface area contributed by atoms with Crippen LogP contribution in [0.3, 0.4) is 0 Å². The number of carboxylic acid groups (broad SMARTS) is 1. The molecule has 3 aromatic rings. The van der Waals surface area contributed by atoms with E-state index >= 15 is 0 Å². The zero-order valence-electron chi connectivity index (χ0n) is 20.4. The number of hydrogen-bond acceptors (Lipinski definition) is 6. The summed E-state index contributed by atoms with van der Waals surface area (Å²) in [4.78, 5) is 32.2. The Morgan fingerprint density at radius 2 is 1.91 bits per heavy atom. The van der Waals surface area contributed by atoms with Gasteiger partial charge in [0.2, 0.25) is 5.95 Å². The van der Waals surface area contributed by atoms with E-state index in [1.54, 1.807) is 43.0 Å². The van der Waals surface area contributed by atoms with E-state index in [1.165, 1.54) is 0 Å². The Labute approximate surface area is 199 Å². The summed E-state index contributed by atoms with van der Waals surface area (Å²) in [5.74, 6) is -0.356. The van der Waals surface area contributed by atoms with Crippen LogP contribution in [0.5, 0.6) is 0 Å². The second kappa shape index (κ2) is 9.10. The zero-order chi connectivity index (χ0) is 24.6. The van der Waals surface area contributed by atoms with Crippen molar-refractivity contribution in [3.63, 3.8) is 0 Å². The smallest absolute Gasteiger partial charge is 0.337 e. The van der Waals surface area contributed by atoms with E-state index in [-0.39, 0.29) is 22.8 Å². The van der Waals surface area contributed by atoms with Gasteiger partial charge >= 0.3 is 5.97 Å². The van der Waals surface area contributed by atoms with Crippen LogP contribution in [0.4, 0.5) is 11.6 Å². The van der Waals surface area contributed by atoms with E-state index in [2.05, 4.69) is 17.1 Å². The average molecular weight is 465 g/mol. The lowest BCUT2D eigenvalue weighted by molar-refractivity contribution is -0.0135. The summed E-state index contributed by atoms with van der Waals surface area (Å²) < 4.78 is 7.29. The molecular formula is C26H32N4O4. The number of aromatic nitrogens is 2. The highest BCUT2D eigenvalue weighted by Gasteiger charge is 2.31. The van der Waals surface area contributed by atoms with Crippen molar-refractivity contribution in [2.24, 2.45) is 7.05 Å². The molecule has 1 aromatic heterocycles. The predicted octanol–water partition coefficient (Wildman–Crippen LogP) is 4.12. The average Bonchev–Trinajstić information content (AvgIpc) is 2.82. The molecular weight excluding hydrogens is 432 g/mol. The minimum atomic E-state index is -0.994. The largest absolute Gasteiger partial charge is 0.478 e. The number of para-hydroxylation sites is 1. The summed E-state index contributed by atoms with van der Waals surface area (Å²) >= 11 is 0. The molecule has 1 atom stereocenters. The molecule has 0 spiro atoms. The van der Waals surface area contributed by atoms with Gasteiger partial charge in [0, 0.05) is 38.5 Å². The summed E-state index contributed by atoms with van der Waals surface area (Å²) in [6, 6.07) is 10.4. The fraction of sp³-hybridized carbons (Fsp3) is 0.423. The van der Waals surface area contributed by atoms with Crippen molar-refractivity contribution in [2.45, 2.75) is 45.3 Å². The maximum absolute atomic E-state index is 13.4. The Kier molecular flexibility index (Phi) is 6.36. The van der Waals surface area contributed by atoms with Gasteiger partial charge in [0.15, 0.2) is 0 Å². The second-order valence-corrected chi connectivity index (χ2v) is 9.38. The number of carboxylic acids is 1. The maximum Gasteiger partial charge on any atom is 0.337 e. The number of fused-ring (bicyclic) bond motifs is 1. The number of anilines is 2. The highest BCUT2D eigenvalue weighted by atomic mass is 16.5. The molecule has 0 bridgehead atoms. The molecule has 0 unspecified atom stereocenters. The van der Waals surface area contributed by atoms with Crippen LogP contribution in [0.15, 0.2) is 41.2 Å². The van der Waals surface area contributed by atoms with Crippen LogP contribution in [0.2, 0.25) is 0 Å². The summed E-state index contributed by atoms with van der Waals surface area (Å²) in [7, 11) is 3.51. The molecule has 1 fully saturated rings. The number of methoxy groups -OCH3 is 1. The van der Waals surface area contributed by atoms with Crippen molar-refractivity contribution in [1.82, 2.24) is 9.55 Å². The summed E-state index contributed by atoms with van der Waals surface area (Å²) in [5, 5.41) is 13.4. The first-order valence-electron chi connectivity index (χ1n) is 11.5. The van der Waals surface area contributed by atoms with Crippen molar-refractivity contribution >= 4 is 28.5 Å². The van der Waals surface area contributed by atoms with E-state index in [4.69, 9.17) is 9.72 Å². The quantitative estimate of drug-likeness (QED) is 0.566. The fourth-order valence-electron chi connectivity index (χ4n) is 4.64. The van der Waals surface area contributed by atoms with Gasteiger partial charge in [-0.25, -0.2) is 9.78 Å². The highest BCUT2D eigenvalue weighted by molar-refractivity contribution is 5.94. The predicted molar refractivity (Wildman–Crippen MR) is 134 cm³/mol. The van der Waals surface area contributed by atoms with E-state index in [1.807, 2.05) is 26.0 Å². The molecule has 180 valence electrons. The molecule has 8 nitrogen and oxygen atoms in total. The van der Waals surface area contributed by atoms with Crippen LogP contribution in [-0.4, -0.2) is 46.4 Å². The van der Waals surface area contributed by atoms with Crippen molar-refractivity contribution in [2.75, 3.05) is 30.4 Å². The maximum atomic E-state index is 13.4. The van der Waals surface area contributed by atoms with E-state index in [9.17, 15) is 14.7 Å². The number of nitrogens with zero attached hydrogens (tertiary/aromatic N) is 3. The molecule has 4 rings (SSSR count). The van der Waals surface area contributed by atoms with Crippen LogP contribution in [0.1, 0.15) is 54.2 Å². The number of benzene rings is 2. The Bertz CT molecular complexity index is 1290. The van der Waals surface area contributed by atoms with Crippen molar-refractivity contribution in [1.29, 1.82) is 0 Å². The SMILES string of the molecule is COC1(C)CCN(c2nc3c([C@@H](C)Nc4ccccc4C(=O)O)cc(C)cc3c(=O)n2C)CC1. The summed E-state index contributed by atoms with van der Waals surface area (Å²) in [6.07, 6.45) is 1.70. The Hall–Kier alpha value is -3.39. The van der Waals surface area contributed by atoms with Crippen LogP contribution in [0.25, 0.3) is 10.9 Å². The third-order valence-corrected chi connectivity index (χ3v) is 6.92. The summed E-state index contributed by atoms with van der Waals surface area (Å²) in [5.41, 5.74) is 2.90. The zero-order valence-corrected chi connectivity index (χ0v) is 20.4. The standard InChI is InChI=1S/C26H32N4O4/c1-16-14-19(17(2)27-21-9-7-6-8-18(21)24(32)33)22-20(15-16)23(31)29(4)25(28-22)30-12-10-26(3,34-5)11-13-30/h6-9,14-15,17,27H,10-13H2,1-5H3,(H,32,33)/t17-/m1/s1. The summed E-state index contributed by atoms with van der Waals surface area (Å²) in [6.45, 7) is 7.51. The third kappa shape index (κ3) is 4.37. The molecule has 1 aliphatic heterocycles. The Balaban J connectivity index is 1.77.